The van der Waals surface area contributed by atoms with E-state index < -0.39 is 23.5 Å². The molecule has 8 heteroatoms. The largest absolute Gasteiger partial charge is 0.416 e. The van der Waals surface area contributed by atoms with Crippen molar-refractivity contribution in [2.45, 2.75) is 31.5 Å². The highest BCUT2D eigenvalue weighted by atomic mass is 19.4. The third-order valence-corrected chi connectivity index (χ3v) is 3.66. The van der Waals surface area contributed by atoms with Crippen molar-refractivity contribution in [2.24, 2.45) is 0 Å². The molecular weight excluding hydrogens is 314 g/mol. The molecule has 0 unspecified atom stereocenters. The fraction of sp³-hybridized carbons (Fsp3) is 0.333. The summed E-state index contributed by atoms with van der Waals surface area (Å²) in [5.41, 5.74) is -0.320. The number of nitrogens with zero attached hydrogens (tertiary/aromatic N) is 1. The van der Waals surface area contributed by atoms with Crippen molar-refractivity contribution in [3.05, 3.63) is 52.6 Å². The first-order valence-electron chi connectivity index (χ1n) is 7.03. The zero-order valence-corrected chi connectivity index (χ0v) is 11.9. The molecule has 23 heavy (non-hydrogen) atoms. The highest BCUT2D eigenvalue weighted by Gasteiger charge is 2.34. The Morgan fingerprint density at radius 1 is 1.30 bits per heavy atom. The van der Waals surface area contributed by atoms with Gasteiger partial charge in [0.1, 0.15) is 11.5 Å². The van der Waals surface area contributed by atoms with Crippen LogP contribution in [-0.4, -0.2) is 16.1 Å². The highest BCUT2D eigenvalue weighted by molar-refractivity contribution is 5.92. The summed E-state index contributed by atoms with van der Waals surface area (Å²) in [5.74, 6) is -1.17. The Hall–Kier alpha value is -2.38. The SMILES string of the molecule is O=C(NCc1ccc(F)cc1C(F)(F)F)c1cc(C2CC2)[nH]n1. The topological polar surface area (TPSA) is 57.8 Å². The van der Waals surface area contributed by atoms with E-state index in [9.17, 15) is 22.4 Å². The number of alkyl halides is 3. The molecule has 4 nitrogen and oxygen atoms in total. The zero-order valence-electron chi connectivity index (χ0n) is 11.9. The quantitative estimate of drug-likeness (QED) is 0.846. The Balaban J connectivity index is 1.71. The molecule has 0 aliphatic heterocycles. The first kappa shape index (κ1) is 15.5. The summed E-state index contributed by atoms with van der Waals surface area (Å²) < 4.78 is 51.7. The third kappa shape index (κ3) is 3.52. The minimum atomic E-state index is -4.69. The maximum Gasteiger partial charge on any atom is 0.416 e. The smallest absolute Gasteiger partial charge is 0.347 e. The van der Waals surface area contributed by atoms with Gasteiger partial charge in [-0.1, -0.05) is 6.07 Å². The van der Waals surface area contributed by atoms with Crippen LogP contribution >= 0.6 is 0 Å². The Morgan fingerprint density at radius 2 is 2.04 bits per heavy atom. The van der Waals surface area contributed by atoms with E-state index in [0.717, 1.165) is 30.7 Å². The average molecular weight is 327 g/mol. The Morgan fingerprint density at radius 3 is 2.70 bits per heavy atom. The maximum absolute atomic E-state index is 13.0. The summed E-state index contributed by atoms with van der Waals surface area (Å²) in [6.07, 6.45) is -2.62. The molecule has 1 aromatic carbocycles. The Kier molecular flexibility index (Phi) is 3.83. The molecule has 2 aromatic rings. The molecule has 1 aliphatic carbocycles. The van der Waals surface area contributed by atoms with Gasteiger partial charge in [-0.25, -0.2) is 4.39 Å². The van der Waals surface area contributed by atoms with Crippen molar-refractivity contribution in [1.82, 2.24) is 15.5 Å². The van der Waals surface area contributed by atoms with Gasteiger partial charge in [0, 0.05) is 18.2 Å². The predicted octanol–water partition coefficient (Wildman–Crippen LogP) is 3.38. The molecule has 0 bridgehead atoms. The molecule has 0 atom stereocenters. The lowest BCUT2D eigenvalue weighted by atomic mass is 10.1. The Bertz CT molecular complexity index is 735. The van der Waals surface area contributed by atoms with Gasteiger partial charge in [-0.05, 0) is 36.6 Å². The van der Waals surface area contributed by atoms with Gasteiger partial charge in [0.2, 0.25) is 0 Å². The minimum absolute atomic E-state index is 0.127. The molecular formula is C15H13F4N3O. The van der Waals surface area contributed by atoms with Crippen LogP contribution in [0.2, 0.25) is 0 Å². The van der Waals surface area contributed by atoms with Crippen molar-refractivity contribution >= 4 is 5.91 Å². The van der Waals surface area contributed by atoms with E-state index in [1.165, 1.54) is 0 Å². The van der Waals surface area contributed by atoms with Crippen molar-refractivity contribution in [3.63, 3.8) is 0 Å². The van der Waals surface area contributed by atoms with Crippen LogP contribution < -0.4 is 5.32 Å². The van der Waals surface area contributed by atoms with E-state index in [4.69, 9.17) is 0 Å². The second-order valence-electron chi connectivity index (χ2n) is 5.46. The summed E-state index contributed by atoms with van der Waals surface area (Å²) in [5, 5.41) is 8.98. The molecule has 0 radical (unpaired) electrons. The Labute approximate surface area is 128 Å². The lowest BCUT2D eigenvalue weighted by Gasteiger charge is -2.13. The fourth-order valence-corrected chi connectivity index (χ4v) is 2.29. The van der Waals surface area contributed by atoms with Crippen molar-refractivity contribution in [3.8, 4) is 0 Å². The number of aromatic amines is 1. The van der Waals surface area contributed by atoms with Crippen LogP contribution in [0.3, 0.4) is 0 Å². The molecule has 0 saturated heterocycles. The van der Waals surface area contributed by atoms with Gasteiger partial charge >= 0.3 is 6.18 Å². The summed E-state index contributed by atoms with van der Waals surface area (Å²) >= 11 is 0. The van der Waals surface area contributed by atoms with Gasteiger partial charge in [-0.15, -0.1) is 0 Å². The van der Waals surface area contributed by atoms with Gasteiger partial charge in [0.15, 0.2) is 0 Å². The molecule has 1 amide bonds. The van der Waals surface area contributed by atoms with Crippen LogP contribution in [0.1, 0.15) is 46.1 Å². The number of carbonyl (C=O) groups is 1. The summed E-state index contributed by atoms with van der Waals surface area (Å²) in [6, 6.07) is 3.96. The monoisotopic (exact) mass is 327 g/mol. The van der Waals surface area contributed by atoms with Crippen LogP contribution in [0, 0.1) is 5.82 Å². The lowest BCUT2D eigenvalue weighted by Crippen LogP contribution is -2.25. The molecule has 1 saturated carbocycles. The molecule has 1 heterocycles. The van der Waals surface area contributed by atoms with Crippen molar-refractivity contribution in [2.75, 3.05) is 0 Å². The van der Waals surface area contributed by atoms with E-state index in [1.807, 2.05) is 0 Å². The first-order valence-corrected chi connectivity index (χ1v) is 7.03. The molecule has 1 aromatic heterocycles. The summed E-state index contributed by atoms with van der Waals surface area (Å²) in [7, 11) is 0. The normalized spacial score (nSPS) is 14.8. The van der Waals surface area contributed by atoms with Crippen LogP contribution in [0.4, 0.5) is 17.6 Å². The highest BCUT2D eigenvalue weighted by Crippen LogP contribution is 2.39. The molecule has 1 aliphatic rings. The van der Waals surface area contributed by atoms with Gasteiger partial charge in [-0.2, -0.15) is 18.3 Å². The van der Waals surface area contributed by atoms with E-state index in [-0.39, 0.29) is 17.8 Å². The number of H-pyrrole nitrogens is 1. The first-order chi connectivity index (χ1) is 10.8. The van der Waals surface area contributed by atoms with Gasteiger partial charge in [-0.3, -0.25) is 9.89 Å². The molecule has 2 N–H and O–H groups in total. The van der Waals surface area contributed by atoms with E-state index in [2.05, 4.69) is 15.5 Å². The van der Waals surface area contributed by atoms with E-state index in [1.54, 1.807) is 6.07 Å². The van der Waals surface area contributed by atoms with Crippen LogP contribution in [-0.2, 0) is 12.7 Å². The maximum atomic E-state index is 13.0. The fourth-order valence-electron chi connectivity index (χ4n) is 2.29. The van der Waals surface area contributed by atoms with Crippen LogP contribution in [0.15, 0.2) is 24.3 Å². The number of aromatic nitrogens is 2. The average Bonchev–Trinajstić information content (AvgIpc) is 3.22. The number of benzene rings is 1. The molecule has 122 valence electrons. The van der Waals surface area contributed by atoms with Gasteiger partial charge < -0.3 is 5.32 Å². The minimum Gasteiger partial charge on any atom is -0.347 e. The number of amides is 1. The van der Waals surface area contributed by atoms with Crippen molar-refractivity contribution in [1.29, 1.82) is 0 Å². The predicted molar refractivity (Wildman–Crippen MR) is 73.1 cm³/mol. The lowest BCUT2D eigenvalue weighted by molar-refractivity contribution is -0.138. The standard InChI is InChI=1S/C15H13F4N3O/c16-10-4-3-9(11(5-10)15(17,18)19)7-20-14(23)13-6-12(21-22-13)8-1-2-8/h3-6,8H,1-2,7H2,(H,20,23)(H,21,22). The molecule has 0 spiro atoms. The van der Waals surface area contributed by atoms with Crippen molar-refractivity contribution < 1.29 is 22.4 Å². The number of hydrogen-bond acceptors (Lipinski definition) is 2. The van der Waals surface area contributed by atoms with Gasteiger partial charge in [0.05, 0.1) is 5.56 Å². The number of halogens is 4. The number of nitrogens with one attached hydrogen (secondary N) is 2. The second-order valence-corrected chi connectivity index (χ2v) is 5.46. The number of rotatable bonds is 4. The van der Waals surface area contributed by atoms with E-state index in [0.29, 0.717) is 12.0 Å². The number of hydrogen-bond donors (Lipinski definition) is 2. The van der Waals surface area contributed by atoms with Crippen LogP contribution in [0.5, 0.6) is 0 Å². The van der Waals surface area contributed by atoms with Gasteiger partial charge in [0.25, 0.3) is 5.91 Å². The van der Waals surface area contributed by atoms with Crippen LogP contribution in [0.25, 0.3) is 0 Å². The molecule has 3 rings (SSSR count). The van der Waals surface area contributed by atoms with E-state index >= 15 is 0 Å². The summed E-state index contributed by atoms with van der Waals surface area (Å²) in [4.78, 5) is 12.0. The third-order valence-electron chi connectivity index (χ3n) is 3.66. The summed E-state index contributed by atoms with van der Waals surface area (Å²) in [6.45, 7) is -0.362. The second kappa shape index (κ2) is 5.68. The molecule has 1 fully saturated rings. The number of carbonyl (C=O) groups excluding carboxylic acids is 1. The zero-order chi connectivity index (χ0) is 16.6.